The zero-order chi connectivity index (χ0) is 21.6. The van der Waals surface area contributed by atoms with E-state index in [0.29, 0.717) is 6.04 Å². The number of anilines is 2. The van der Waals surface area contributed by atoms with Crippen LogP contribution in [0.1, 0.15) is 39.0 Å². The van der Waals surface area contributed by atoms with Crippen molar-refractivity contribution in [2.24, 2.45) is 5.92 Å². The lowest BCUT2D eigenvalue weighted by molar-refractivity contribution is -0.125. The molecule has 172 valence electrons. The number of carbonyl (C=O) groups is 1. The Bertz CT molecular complexity index is 714. The molecule has 0 aliphatic carbocycles. The number of nitrogens with one attached hydrogen (secondary N) is 1. The van der Waals surface area contributed by atoms with Gasteiger partial charge in [0, 0.05) is 64.3 Å². The Morgan fingerprint density at radius 1 is 1.03 bits per heavy atom. The molecule has 0 radical (unpaired) electrons. The van der Waals surface area contributed by atoms with E-state index in [1.165, 1.54) is 25.8 Å². The summed E-state index contributed by atoms with van der Waals surface area (Å²) in [6.45, 7) is 11.1. The summed E-state index contributed by atoms with van der Waals surface area (Å²) in [6.07, 6.45) is 9.29. The Kier molecular flexibility index (Phi) is 7.61. The highest BCUT2D eigenvalue weighted by Crippen LogP contribution is 2.30. The smallest absolute Gasteiger partial charge is 0.223 e. The third kappa shape index (κ3) is 5.66. The van der Waals surface area contributed by atoms with E-state index in [9.17, 15) is 4.79 Å². The highest BCUT2D eigenvalue weighted by Gasteiger charge is 2.28. The van der Waals surface area contributed by atoms with E-state index in [1.54, 1.807) is 6.33 Å². The van der Waals surface area contributed by atoms with Crippen molar-refractivity contribution in [3.05, 3.63) is 12.5 Å². The number of piperidine rings is 2. The molecule has 1 atom stereocenters. The van der Waals surface area contributed by atoms with Gasteiger partial charge >= 0.3 is 0 Å². The van der Waals surface area contributed by atoms with Crippen molar-refractivity contribution in [3.8, 4) is 0 Å². The van der Waals surface area contributed by atoms with Gasteiger partial charge in [0.15, 0.2) is 5.82 Å². The maximum atomic E-state index is 12.7. The quantitative estimate of drug-likeness (QED) is 0.734. The molecule has 4 rings (SSSR count). The van der Waals surface area contributed by atoms with Gasteiger partial charge in [-0.05, 0) is 46.2 Å². The molecule has 1 amide bonds. The van der Waals surface area contributed by atoms with Crippen LogP contribution in [0.5, 0.6) is 0 Å². The van der Waals surface area contributed by atoms with E-state index in [2.05, 4.69) is 48.9 Å². The lowest BCUT2D eigenvalue weighted by atomic mass is 9.95. The maximum absolute atomic E-state index is 12.7. The summed E-state index contributed by atoms with van der Waals surface area (Å²) in [5.74, 6) is 1.39. The number of likely N-dealkylation sites (N-methyl/N-ethyl adjacent to an activating group) is 1. The van der Waals surface area contributed by atoms with Crippen LogP contribution in [0.15, 0.2) is 12.5 Å². The van der Waals surface area contributed by atoms with E-state index in [-0.39, 0.29) is 11.8 Å². The molecule has 3 saturated heterocycles. The lowest BCUT2D eigenvalue weighted by Gasteiger charge is -2.38. The minimum atomic E-state index is 0.117. The van der Waals surface area contributed by atoms with E-state index >= 15 is 0 Å². The largest absolute Gasteiger partial charge is 0.367 e. The molecule has 8 heteroatoms. The van der Waals surface area contributed by atoms with Crippen molar-refractivity contribution in [1.82, 2.24) is 25.1 Å². The van der Waals surface area contributed by atoms with Gasteiger partial charge in [-0.15, -0.1) is 0 Å². The highest BCUT2D eigenvalue weighted by atomic mass is 16.1. The Labute approximate surface area is 187 Å². The van der Waals surface area contributed by atoms with E-state index in [0.717, 1.165) is 76.7 Å². The van der Waals surface area contributed by atoms with E-state index in [4.69, 9.17) is 0 Å². The maximum Gasteiger partial charge on any atom is 0.223 e. The molecule has 3 aliphatic rings. The topological polar surface area (TPSA) is 67.8 Å². The minimum absolute atomic E-state index is 0.117. The Morgan fingerprint density at radius 2 is 1.81 bits per heavy atom. The van der Waals surface area contributed by atoms with Crippen LogP contribution >= 0.6 is 0 Å². The first-order valence-corrected chi connectivity index (χ1v) is 12.1. The average molecular weight is 430 g/mol. The number of carbonyl (C=O) groups excluding carboxylic acids is 1. The summed E-state index contributed by atoms with van der Waals surface area (Å²) >= 11 is 0. The third-order valence-electron chi connectivity index (χ3n) is 7.32. The highest BCUT2D eigenvalue weighted by molar-refractivity contribution is 5.79. The van der Waals surface area contributed by atoms with Crippen molar-refractivity contribution >= 4 is 17.4 Å². The lowest BCUT2D eigenvalue weighted by Crippen LogP contribution is -2.46. The van der Waals surface area contributed by atoms with Gasteiger partial charge in [0.1, 0.15) is 6.33 Å². The summed E-state index contributed by atoms with van der Waals surface area (Å²) in [5.41, 5.74) is 1.12. The molecule has 1 N–H and O–H groups in total. The number of hydrogen-bond donors (Lipinski definition) is 1. The zero-order valence-corrected chi connectivity index (χ0v) is 19.3. The van der Waals surface area contributed by atoms with Crippen molar-refractivity contribution in [2.45, 2.75) is 45.1 Å². The molecule has 31 heavy (non-hydrogen) atoms. The van der Waals surface area contributed by atoms with Crippen molar-refractivity contribution in [1.29, 1.82) is 0 Å². The third-order valence-corrected chi connectivity index (χ3v) is 7.32. The molecule has 0 aromatic carbocycles. The van der Waals surface area contributed by atoms with Gasteiger partial charge in [-0.25, -0.2) is 9.97 Å². The molecule has 0 spiro atoms. The van der Waals surface area contributed by atoms with Gasteiger partial charge in [-0.2, -0.15) is 0 Å². The molecule has 3 aliphatic heterocycles. The molecule has 0 unspecified atom stereocenters. The molecular weight excluding hydrogens is 390 g/mol. The van der Waals surface area contributed by atoms with Crippen LogP contribution < -0.4 is 15.1 Å². The fourth-order valence-corrected chi connectivity index (χ4v) is 5.14. The van der Waals surface area contributed by atoms with Crippen molar-refractivity contribution in [2.75, 3.05) is 75.8 Å². The predicted molar refractivity (Wildman–Crippen MR) is 125 cm³/mol. The summed E-state index contributed by atoms with van der Waals surface area (Å²) in [4.78, 5) is 31.3. The molecule has 0 bridgehead atoms. The first-order chi connectivity index (χ1) is 15.1. The number of nitrogens with zero attached hydrogens (tertiary/aromatic N) is 6. The van der Waals surface area contributed by atoms with Crippen LogP contribution in [0.2, 0.25) is 0 Å². The average Bonchev–Trinajstić information content (AvgIpc) is 2.81. The van der Waals surface area contributed by atoms with Gasteiger partial charge in [0.2, 0.25) is 5.91 Å². The minimum Gasteiger partial charge on any atom is -0.367 e. The second-order valence-corrected chi connectivity index (χ2v) is 9.46. The normalized spacial score (nSPS) is 24.4. The van der Waals surface area contributed by atoms with E-state index < -0.39 is 0 Å². The second kappa shape index (κ2) is 10.6. The van der Waals surface area contributed by atoms with Gasteiger partial charge in [0.05, 0.1) is 11.9 Å². The number of aromatic nitrogens is 2. The number of likely N-dealkylation sites (tertiary alicyclic amines) is 1. The monoisotopic (exact) mass is 429 g/mol. The molecule has 1 aromatic heterocycles. The SMILES string of the molecule is C[C@H]1CCCCN1CCNC(=O)C1CCN(c2cncnc2N2CCN(C)CC2)CC1. The first kappa shape index (κ1) is 22.3. The van der Waals surface area contributed by atoms with Crippen molar-refractivity contribution < 1.29 is 4.79 Å². The van der Waals surface area contributed by atoms with Gasteiger partial charge in [-0.1, -0.05) is 6.42 Å². The molecule has 8 nitrogen and oxygen atoms in total. The number of hydrogen-bond acceptors (Lipinski definition) is 7. The fraction of sp³-hybridized carbons (Fsp3) is 0.783. The summed E-state index contributed by atoms with van der Waals surface area (Å²) in [7, 11) is 2.17. The summed E-state index contributed by atoms with van der Waals surface area (Å²) in [5, 5.41) is 3.21. The summed E-state index contributed by atoms with van der Waals surface area (Å²) in [6, 6.07) is 0.650. The van der Waals surface area contributed by atoms with Crippen LogP contribution in [0.4, 0.5) is 11.5 Å². The second-order valence-electron chi connectivity index (χ2n) is 9.46. The predicted octanol–water partition coefficient (Wildman–Crippen LogP) is 1.44. The van der Waals surface area contributed by atoms with Crippen LogP contribution in [-0.2, 0) is 4.79 Å². The van der Waals surface area contributed by atoms with Crippen LogP contribution in [-0.4, -0.2) is 97.7 Å². The zero-order valence-electron chi connectivity index (χ0n) is 19.3. The van der Waals surface area contributed by atoms with Crippen molar-refractivity contribution in [3.63, 3.8) is 0 Å². The number of amides is 1. The summed E-state index contributed by atoms with van der Waals surface area (Å²) < 4.78 is 0. The van der Waals surface area contributed by atoms with Crippen LogP contribution in [0.25, 0.3) is 0 Å². The molecule has 1 aromatic rings. The number of piperazine rings is 1. The van der Waals surface area contributed by atoms with Gasteiger partial charge < -0.3 is 20.0 Å². The Hall–Kier alpha value is -1.93. The standard InChI is InChI=1S/C23H39N7O/c1-19-5-3-4-9-28(19)12-8-25-23(31)20-6-10-29(11-7-20)21-17-24-18-26-22(21)30-15-13-27(2)14-16-30/h17-20H,3-16H2,1-2H3,(H,25,31)/t19-/m0/s1. The van der Waals surface area contributed by atoms with Crippen LogP contribution in [0, 0.1) is 5.92 Å². The van der Waals surface area contributed by atoms with Crippen LogP contribution in [0.3, 0.4) is 0 Å². The molecule has 3 fully saturated rings. The first-order valence-electron chi connectivity index (χ1n) is 12.1. The van der Waals surface area contributed by atoms with Gasteiger partial charge in [0.25, 0.3) is 0 Å². The Balaban J connectivity index is 1.25. The molecule has 0 saturated carbocycles. The fourth-order valence-electron chi connectivity index (χ4n) is 5.14. The molecular formula is C23H39N7O. The number of rotatable bonds is 6. The molecule has 4 heterocycles. The van der Waals surface area contributed by atoms with E-state index in [1.807, 2.05) is 6.20 Å². The Morgan fingerprint density at radius 3 is 2.55 bits per heavy atom. The van der Waals surface area contributed by atoms with Gasteiger partial charge in [-0.3, -0.25) is 9.69 Å².